The van der Waals surface area contributed by atoms with E-state index < -0.39 is 0 Å². The van der Waals surface area contributed by atoms with Gasteiger partial charge in [-0.05, 0) is 43.3 Å². The average Bonchev–Trinajstić information content (AvgIpc) is 3.10. The minimum atomic E-state index is 0.117. The Morgan fingerprint density at radius 2 is 2.19 bits per heavy atom. The Kier molecular flexibility index (Phi) is 6.80. The van der Waals surface area contributed by atoms with Gasteiger partial charge in [0.15, 0.2) is 5.76 Å². The number of hydrogen-bond acceptors (Lipinski definition) is 5. The lowest BCUT2D eigenvalue weighted by molar-refractivity contribution is -0.122. The first-order valence-corrected chi connectivity index (χ1v) is 9.19. The van der Waals surface area contributed by atoms with Crippen molar-refractivity contribution < 1.29 is 14.1 Å². The van der Waals surface area contributed by atoms with E-state index in [2.05, 4.69) is 15.8 Å². The van der Waals surface area contributed by atoms with Gasteiger partial charge in [-0.2, -0.15) is 0 Å². The van der Waals surface area contributed by atoms with Gasteiger partial charge in [0.1, 0.15) is 6.61 Å². The molecule has 0 unspecified atom stereocenters. The summed E-state index contributed by atoms with van der Waals surface area (Å²) in [6.07, 6.45) is 2.38. The molecule has 3 rings (SSSR count). The number of nitrogens with one attached hydrogen (secondary N) is 2. The fourth-order valence-corrected chi connectivity index (χ4v) is 3.52. The molecule has 1 fully saturated rings. The number of methoxy groups -OCH3 is 1. The minimum Gasteiger partial charge on any atom is -0.377 e. The van der Waals surface area contributed by atoms with Crippen LogP contribution in [0.2, 0.25) is 0 Å². The first kappa shape index (κ1) is 18.6. The molecule has 2 N–H and O–H groups in total. The van der Waals surface area contributed by atoms with Gasteiger partial charge < -0.3 is 19.9 Å². The lowest BCUT2D eigenvalue weighted by Crippen LogP contribution is -2.40. The van der Waals surface area contributed by atoms with Crippen LogP contribution in [-0.2, 0) is 29.1 Å². The number of carbonyl (C=O) groups is 1. The Labute approximate surface area is 154 Å². The standard InChI is InChI=1S/C20H27N3O3/c1-25-14-19-11-18(23-26-19)9-17-13-21-8-7-16(17)10-20(24)22-12-15-5-3-2-4-6-15/h2-6,11,16-17,21H,7-10,12-14H2,1H3,(H,22,24)/t16-,17+/m0/s1. The number of carbonyl (C=O) groups excluding carboxylic acids is 1. The molecule has 2 heterocycles. The van der Waals surface area contributed by atoms with Crippen LogP contribution in [0.25, 0.3) is 0 Å². The third-order valence-electron chi connectivity index (χ3n) is 4.91. The van der Waals surface area contributed by atoms with E-state index in [0.29, 0.717) is 31.4 Å². The molecule has 6 nitrogen and oxygen atoms in total. The van der Waals surface area contributed by atoms with E-state index in [0.717, 1.165) is 42.9 Å². The molecule has 1 aromatic heterocycles. The molecule has 140 valence electrons. The Balaban J connectivity index is 1.51. The molecule has 0 spiro atoms. The zero-order valence-electron chi connectivity index (χ0n) is 15.2. The fraction of sp³-hybridized carbons (Fsp3) is 0.500. The van der Waals surface area contributed by atoms with Gasteiger partial charge in [0.05, 0.1) is 5.69 Å². The van der Waals surface area contributed by atoms with E-state index in [1.165, 1.54) is 0 Å². The van der Waals surface area contributed by atoms with Crippen molar-refractivity contribution in [3.63, 3.8) is 0 Å². The van der Waals surface area contributed by atoms with Gasteiger partial charge in [0.25, 0.3) is 0 Å². The predicted molar refractivity (Wildman–Crippen MR) is 98.3 cm³/mol. The van der Waals surface area contributed by atoms with Crippen LogP contribution in [0.4, 0.5) is 0 Å². The first-order chi connectivity index (χ1) is 12.7. The van der Waals surface area contributed by atoms with Gasteiger partial charge in [-0.25, -0.2) is 0 Å². The molecule has 0 aliphatic carbocycles. The summed E-state index contributed by atoms with van der Waals surface area (Å²) in [7, 11) is 1.64. The number of piperidine rings is 1. The molecule has 1 aliphatic heterocycles. The average molecular weight is 357 g/mol. The van der Waals surface area contributed by atoms with Crippen LogP contribution < -0.4 is 10.6 Å². The molecule has 6 heteroatoms. The number of amides is 1. The minimum absolute atomic E-state index is 0.117. The van der Waals surface area contributed by atoms with Gasteiger partial charge in [-0.15, -0.1) is 0 Å². The van der Waals surface area contributed by atoms with Crippen molar-refractivity contribution in [2.45, 2.75) is 32.4 Å². The highest BCUT2D eigenvalue weighted by molar-refractivity contribution is 5.76. The monoisotopic (exact) mass is 357 g/mol. The summed E-state index contributed by atoms with van der Waals surface area (Å²) in [6, 6.07) is 11.9. The van der Waals surface area contributed by atoms with Gasteiger partial charge in [0.2, 0.25) is 5.91 Å². The zero-order valence-corrected chi connectivity index (χ0v) is 15.2. The second-order valence-corrected chi connectivity index (χ2v) is 6.90. The zero-order chi connectivity index (χ0) is 18.2. The van der Waals surface area contributed by atoms with Gasteiger partial charge in [0, 0.05) is 26.1 Å². The second-order valence-electron chi connectivity index (χ2n) is 6.90. The third-order valence-corrected chi connectivity index (χ3v) is 4.91. The number of benzene rings is 1. The molecule has 1 amide bonds. The number of nitrogens with zero attached hydrogens (tertiary/aromatic N) is 1. The summed E-state index contributed by atoms with van der Waals surface area (Å²) in [5.74, 6) is 1.59. The number of hydrogen-bond donors (Lipinski definition) is 2. The molecule has 1 saturated heterocycles. The predicted octanol–water partition coefficient (Wildman–Crippen LogP) is 2.30. The maximum Gasteiger partial charge on any atom is 0.220 e. The summed E-state index contributed by atoms with van der Waals surface area (Å²) in [5.41, 5.74) is 2.05. The molecular formula is C20H27N3O3. The smallest absolute Gasteiger partial charge is 0.220 e. The van der Waals surface area contributed by atoms with Crippen molar-refractivity contribution in [3.05, 3.63) is 53.4 Å². The summed E-state index contributed by atoms with van der Waals surface area (Å²) < 4.78 is 10.3. The van der Waals surface area contributed by atoms with Crippen molar-refractivity contribution >= 4 is 5.91 Å². The number of ether oxygens (including phenoxy) is 1. The summed E-state index contributed by atoms with van der Waals surface area (Å²) >= 11 is 0. The molecule has 2 aromatic rings. The summed E-state index contributed by atoms with van der Waals surface area (Å²) in [6.45, 7) is 2.88. The lowest BCUT2D eigenvalue weighted by atomic mass is 9.81. The number of aromatic nitrogens is 1. The van der Waals surface area contributed by atoms with Crippen molar-refractivity contribution in [2.75, 3.05) is 20.2 Å². The van der Waals surface area contributed by atoms with Gasteiger partial charge in [-0.1, -0.05) is 35.5 Å². The van der Waals surface area contributed by atoms with Crippen LogP contribution in [0.3, 0.4) is 0 Å². The lowest BCUT2D eigenvalue weighted by Gasteiger charge is -2.31. The number of rotatable bonds is 8. The molecule has 0 saturated carbocycles. The van der Waals surface area contributed by atoms with E-state index in [4.69, 9.17) is 9.26 Å². The molecule has 0 bridgehead atoms. The molecule has 1 aromatic carbocycles. The van der Waals surface area contributed by atoms with E-state index >= 15 is 0 Å². The maximum absolute atomic E-state index is 12.4. The Bertz CT molecular complexity index is 687. The van der Waals surface area contributed by atoms with Crippen molar-refractivity contribution in [1.82, 2.24) is 15.8 Å². The van der Waals surface area contributed by atoms with Crippen LogP contribution in [0.1, 0.15) is 29.9 Å². The molecule has 2 atom stereocenters. The normalized spacial score (nSPS) is 20.0. The topological polar surface area (TPSA) is 76.4 Å². The molecular weight excluding hydrogens is 330 g/mol. The van der Waals surface area contributed by atoms with Crippen molar-refractivity contribution in [1.29, 1.82) is 0 Å². The van der Waals surface area contributed by atoms with Crippen molar-refractivity contribution in [3.8, 4) is 0 Å². The van der Waals surface area contributed by atoms with Gasteiger partial charge in [-0.3, -0.25) is 4.79 Å². The fourth-order valence-electron chi connectivity index (χ4n) is 3.52. The highest BCUT2D eigenvalue weighted by atomic mass is 16.5. The van der Waals surface area contributed by atoms with E-state index in [9.17, 15) is 4.79 Å². The molecule has 0 radical (unpaired) electrons. The van der Waals surface area contributed by atoms with E-state index in [-0.39, 0.29) is 5.91 Å². The Morgan fingerprint density at radius 3 is 3.00 bits per heavy atom. The second kappa shape index (κ2) is 9.50. The molecule has 1 aliphatic rings. The quantitative estimate of drug-likeness (QED) is 0.758. The highest BCUT2D eigenvalue weighted by Crippen LogP contribution is 2.26. The van der Waals surface area contributed by atoms with Gasteiger partial charge >= 0.3 is 0 Å². The van der Waals surface area contributed by atoms with E-state index in [1.54, 1.807) is 7.11 Å². The van der Waals surface area contributed by atoms with Crippen LogP contribution in [0.15, 0.2) is 40.9 Å². The summed E-state index contributed by atoms with van der Waals surface area (Å²) in [4.78, 5) is 12.4. The largest absolute Gasteiger partial charge is 0.377 e. The highest BCUT2D eigenvalue weighted by Gasteiger charge is 2.28. The van der Waals surface area contributed by atoms with Crippen molar-refractivity contribution in [2.24, 2.45) is 11.8 Å². The van der Waals surface area contributed by atoms with Crippen LogP contribution >= 0.6 is 0 Å². The maximum atomic E-state index is 12.4. The molecule has 26 heavy (non-hydrogen) atoms. The van der Waals surface area contributed by atoms with Crippen LogP contribution in [-0.4, -0.2) is 31.3 Å². The SMILES string of the molecule is COCc1cc(C[C@@H]2CNCC[C@H]2CC(=O)NCc2ccccc2)no1. The Hall–Kier alpha value is -2.18. The van der Waals surface area contributed by atoms with Crippen LogP contribution in [0, 0.1) is 11.8 Å². The van der Waals surface area contributed by atoms with E-state index in [1.807, 2.05) is 36.4 Å². The summed E-state index contributed by atoms with van der Waals surface area (Å²) in [5, 5.41) is 10.6. The van der Waals surface area contributed by atoms with Crippen LogP contribution in [0.5, 0.6) is 0 Å². The Morgan fingerprint density at radius 1 is 1.35 bits per heavy atom. The first-order valence-electron chi connectivity index (χ1n) is 9.19. The third kappa shape index (κ3) is 5.41.